The lowest BCUT2D eigenvalue weighted by atomic mass is 9.95. The second-order valence-corrected chi connectivity index (χ2v) is 4.02. The van der Waals surface area contributed by atoms with Gasteiger partial charge in [0.15, 0.2) is 0 Å². The minimum atomic E-state index is -1.14. The SMILES string of the molecule is C=CCN1C(=O)NC(=O)C(c2ccc(F)cc2)C1=O. The summed E-state index contributed by atoms with van der Waals surface area (Å²) in [6.07, 6.45) is 1.38. The molecule has 0 spiro atoms. The van der Waals surface area contributed by atoms with Crippen molar-refractivity contribution in [3.8, 4) is 0 Å². The van der Waals surface area contributed by atoms with Gasteiger partial charge in [-0.25, -0.2) is 9.18 Å². The molecule has 1 aliphatic heterocycles. The summed E-state index contributed by atoms with van der Waals surface area (Å²) in [5.41, 5.74) is 0.338. The van der Waals surface area contributed by atoms with Crippen molar-refractivity contribution < 1.29 is 18.8 Å². The van der Waals surface area contributed by atoms with Crippen LogP contribution in [0, 0.1) is 5.82 Å². The summed E-state index contributed by atoms with van der Waals surface area (Å²) in [6, 6.07) is 4.24. The van der Waals surface area contributed by atoms with Gasteiger partial charge in [0.25, 0.3) is 0 Å². The molecular weight excluding hydrogens is 251 g/mol. The third-order valence-electron chi connectivity index (χ3n) is 2.77. The van der Waals surface area contributed by atoms with Crippen LogP contribution in [0.15, 0.2) is 36.9 Å². The molecule has 1 fully saturated rings. The van der Waals surface area contributed by atoms with Crippen molar-refractivity contribution in [2.75, 3.05) is 6.54 Å². The van der Waals surface area contributed by atoms with E-state index in [9.17, 15) is 18.8 Å². The maximum atomic E-state index is 12.8. The molecule has 0 aliphatic carbocycles. The molecule has 19 heavy (non-hydrogen) atoms. The van der Waals surface area contributed by atoms with Crippen LogP contribution in [-0.4, -0.2) is 29.3 Å². The maximum Gasteiger partial charge on any atom is 0.331 e. The predicted molar refractivity (Wildman–Crippen MR) is 64.6 cm³/mol. The van der Waals surface area contributed by atoms with E-state index in [0.29, 0.717) is 5.56 Å². The van der Waals surface area contributed by atoms with E-state index >= 15 is 0 Å². The van der Waals surface area contributed by atoms with E-state index < -0.39 is 29.6 Å². The highest BCUT2D eigenvalue weighted by Gasteiger charge is 2.40. The fourth-order valence-corrected chi connectivity index (χ4v) is 1.86. The van der Waals surface area contributed by atoms with Gasteiger partial charge >= 0.3 is 6.03 Å². The van der Waals surface area contributed by atoms with Crippen LogP contribution in [0.25, 0.3) is 0 Å². The fourth-order valence-electron chi connectivity index (χ4n) is 1.86. The fraction of sp³-hybridized carbons (Fsp3) is 0.154. The molecule has 1 aromatic carbocycles. The minimum Gasteiger partial charge on any atom is -0.277 e. The second-order valence-electron chi connectivity index (χ2n) is 4.02. The Balaban J connectivity index is 2.35. The predicted octanol–water partition coefficient (Wildman–Crippen LogP) is 1.17. The van der Waals surface area contributed by atoms with E-state index in [4.69, 9.17) is 0 Å². The Labute approximate surface area is 108 Å². The first-order valence-corrected chi connectivity index (χ1v) is 5.57. The molecule has 0 radical (unpaired) electrons. The van der Waals surface area contributed by atoms with Gasteiger partial charge in [-0.15, -0.1) is 6.58 Å². The van der Waals surface area contributed by atoms with E-state index in [1.165, 1.54) is 18.2 Å². The van der Waals surface area contributed by atoms with Gasteiger partial charge in [0, 0.05) is 6.54 Å². The number of imide groups is 2. The number of amides is 4. The third-order valence-corrected chi connectivity index (χ3v) is 2.77. The van der Waals surface area contributed by atoms with Crippen LogP contribution < -0.4 is 5.32 Å². The molecule has 4 amide bonds. The Kier molecular flexibility index (Phi) is 3.41. The van der Waals surface area contributed by atoms with Crippen molar-refractivity contribution in [3.05, 3.63) is 48.3 Å². The molecule has 6 heteroatoms. The Morgan fingerprint density at radius 1 is 1.26 bits per heavy atom. The molecule has 1 aliphatic rings. The van der Waals surface area contributed by atoms with Crippen molar-refractivity contribution >= 4 is 17.8 Å². The average molecular weight is 262 g/mol. The van der Waals surface area contributed by atoms with Crippen molar-refractivity contribution in [1.29, 1.82) is 0 Å². The van der Waals surface area contributed by atoms with Gasteiger partial charge in [0.1, 0.15) is 11.7 Å². The first kappa shape index (κ1) is 12.9. The lowest BCUT2D eigenvalue weighted by Gasteiger charge is -2.29. The molecule has 1 saturated heterocycles. The zero-order valence-electron chi connectivity index (χ0n) is 9.93. The zero-order chi connectivity index (χ0) is 14.0. The topological polar surface area (TPSA) is 66.5 Å². The number of benzene rings is 1. The first-order valence-electron chi connectivity index (χ1n) is 5.57. The van der Waals surface area contributed by atoms with Crippen molar-refractivity contribution in [2.24, 2.45) is 0 Å². The quantitative estimate of drug-likeness (QED) is 0.657. The molecule has 0 aromatic heterocycles. The zero-order valence-corrected chi connectivity index (χ0v) is 9.93. The molecule has 5 nitrogen and oxygen atoms in total. The van der Waals surface area contributed by atoms with E-state index in [1.54, 1.807) is 0 Å². The highest BCUT2D eigenvalue weighted by Crippen LogP contribution is 2.22. The van der Waals surface area contributed by atoms with E-state index in [-0.39, 0.29) is 6.54 Å². The third kappa shape index (κ3) is 2.37. The average Bonchev–Trinajstić information content (AvgIpc) is 2.36. The molecule has 1 unspecified atom stereocenters. The molecule has 1 aromatic rings. The van der Waals surface area contributed by atoms with Crippen molar-refractivity contribution in [2.45, 2.75) is 5.92 Å². The molecule has 2 rings (SSSR count). The van der Waals surface area contributed by atoms with Crippen LogP contribution in [-0.2, 0) is 9.59 Å². The van der Waals surface area contributed by atoms with Gasteiger partial charge < -0.3 is 0 Å². The monoisotopic (exact) mass is 262 g/mol. The Morgan fingerprint density at radius 3 is 2.47 bits per heavy atom. The lowest BCUT2D eigenvalue weighted by Crippen LogP contribution is -2.56. The van der Waals surface area contributed by atoms with Crippen molar-refractivity contribution in [1.82, 2.24) is 10.2 Å². The molecule has 0 bridgehead atoms. The summed E-state index contributed by atoms with van der Waals surface area (Å²) in [6.45, 7) is 3.45. The first-order chi connectivity index (χ1) is 9.04. The Bertz CT molecular complexity index is 554. The number of hydrogen-bond donors (Lipinski definition) is 1. The van der Waals surface area contributed by atoms with Gasteiger partial charge in [0.2, 0.25) is 11.8 Å². The maximum absolute atomic E-state index is 12.8. The number of carbonyl (C=O) groups excluding carboxylic acids is 3. The van der Waals surface area contributed by atoms with Crippen LogP contribution in [0.1, 0.15) is 11.5 Å². The van der Waals surface area contributed by atoms with Crippen LogP contribution in [0.2, 0.25) is 0 Å². The number of rotatable bonds is 3. The van der Waals surface area contributed by atoms with E-state index in [2.05, 4.69) is 11.9 Å². The number of urea groups is 1. The molecule has 0 saturated carbocycles. The lowest BCUT2D eigenvalue weighted by molar-refractivity contribution is -0.138. The second kappa shape index (κ2) is 5.01. The van der Waals surface area contributed by atoms with Crippen LogP contribution >= 0.6 is 0 Å². The summed E-state index contributed by atoms with van der Waals surface area (Å²) >= 11 is 0. The highest BCUT2D eigenvalue weighted by molar-refractivity contribution is 6.19. The summed E-state index contributed by atoms with van der Waals surface area (Å²) in [5.74, 6) is -2.95. The summed E-state index contributed by atoms with van der Waals surface area (Å²) in [4.78, 5) is 36.3. The number of nitrogens with one attached hydrogen (secondary N) is 1. The Hall–Kier alpha value is -2.50. The molecule has 98 valence electrons. The van der Waals surface area contributed by atoms with Gasteiger partial charge in [-0.05, 0) is 17.7 Å². The van der Waals surface area contributed by atoms with Crippen LogP contribution in [0.5, 0.6) is 0 Å². The number of halogens is 1. The largest absolute Gasteiger partial charge is 0.331 e. The Morgan fingerprint density at radius 2 is 1.89 bits per heavy atom. The number of carbonyl (C=O) groups is 3. The summed E-state index contributed by atoms with van der Waals surface area (Å²) in [5, 5.41) is 2.09. The highest BCUT2D eigenvalue weighted by atomic mass is 19.1. The molecule has 1 heterocycles. The molecule has 1 N–H and O–H groups in total. The van der Waals surface area contributed by atoms with Gasteiger partial charge in [-0.1, -0.05) is 18.2 Å². The van der Waals surface area contributed by atoms with Gasteiger partial charge in [-0.2, -0.15) is 0 Å². The van der Waals surface area contributed by atoms with Crippen LogP contribution in [0.3, 0.4) is 0 Å². The summed E-state index contributed by atoms with van der Waals surface area (Å²) in [7, 11) is 0. The van der Waals surface area contributed by atoms with E-state index in [1.807, 2.05) is 0 Å². The minimum absolute atomic E-state index is 0.00956. The standard InChI is InChI=1S/C13H11FN2O3/c1-2-7-16-12(18)10(11(17)15-13(16)19)8-3-5-9(14)6-4-8/h2-6,10H,1,7H2,(H,15,17,19). The summed E-state index contributed by atoms with van der Waals surface area (Å²) < 4.78 is 12.8. The van der Waals surface area contributed by atoms with Crippen molar-refractivity contribution in [3.63, 3.8) is 0 Å². The normalized spacial score (nSPS) is 19.3. The van der Waals surface area contributed by atoms with Gasteiger partial charge in [0.05, 0.1) is 0 Å². The smallest absolute Gasteiger partial charge is 0.277 e. The number of barbiturate groups is 1. The molecule has 1 atom stereocenters. The molecular formula is C13H11FN2O3. The number of nitrogens with zero attached hydrogens (tertiary/aromatic N) is 1. The number of hydrogen-bond acceptors (Lipinski definition) is 3. The van der Waals surface area contributed by atoms with E-state index in [0.717, 1.165) is 17.0 Å². The van der Waals surface area contributed by atoms with Crippen LogP contribution in [0.4, 0.5) is 9.18 Å². The van der Waals surface area contributed by atoms with Gasteiger partial charge in [-0.3, -0.25) is 19.8 Å².